The maximum atomic E-state index is 12.7. The van der Waals surface area contributed by atoms with Gasteiger partial charge in [0, 0.05) is 0 Å². The minimum absolute atomic E-state index is 0.0223. The molecule has 1 rings (SSSR count). The lowest BCUT2D eigenvalue weighted by atomic mass is 10.1. The highest BCUT2D eigenvalue weighted by molar-refractivity contribution is 5.84. The maximum absolute atomic E-state index is 12.7. The van der Waals surface area contributed by atoms with Crippen LogP contribution in [0.2, 0.25) is 0 Å². The van der Waals surface area contributed by atoms with Gasteiger partial charge in [0.1, 0.15) is 5.82 Å². The highest BCUT2D eigenvalue weighted by Gasteiger charge is 2.19. The van der Waals surface area contributed by atoms with Gasteiger partial charge >= 0.3 is 5.97 Å². The first-order valence-electron chi connectivity index (χ1n) is 5.98. The van der Waals surface area contributed by atoms with Crippen LogP contribution in [-0.2, 0) is 20.7 Å². The van der Waals surface area contributed by atoms with Crippen LogP contribution in [0.5, 0.6) is 0 Å². The molecule has 1 aromatic rings. The van der Waals surface area contributed by atoms with Crippen LogP contribution in [0.3, 0.4) is 0 Å². The fourth-order valence-corrected chi connectivity index (χ4v) is 1.48. The Labute approximate surface area is 116 Å². The third kappa shape index (κ3) is 5.62. The van der Waals surface area contributed by atoms with Gasteiger partial charge in [-0.25, -0.2) is 9.18 Å². The number of ether oxygens (including phenoxy) is 1. The minimum Gasteiger partial charge on any atom is -0.480 e. The molecule has 0 saturated heterocycles. The third-order valence-corrected chi connectivity index (χ3v) is 2.43. The van der Waals surface area contributed by atoms with E-state index in [4.69, 9.17) is 9.84 Å². The van der Waals surface area contributed by atoms with Crippen LogP contribution in [0.1, 0.15) is 5.56 Å². The summed E-state index contributed by atoms with van der Waals surface area (Å²) in [7, 11) is 0. The molecule has 0 aromatic heterocycles. The number of carbonyl (C=O) groups excluding carboxylic acids is 1. The number of hydrogen-bond donors (Lipinski definition) is 2. The fraction of sp³-hybridized carbons (Fsp3) is 0.286. The number of nitrogens with one attached hydrogen (secondary N) is 1. The summed E-state index contributed by atoms with van der Waals surface area (Å²) in [4.78, 5) is 22.7. The molecule has 5 nitrogen and oxygen atoms in total. The molecule has 1 aromatic carbocycles. The second-order valence-corrected chi connectivity index (χ2v) is 4.09. The average molecular weight is 281 g/mol. The Bertz CT molecular complexity index is 473. The molecule has 0 heterocycles. The Morgan fingerprint density at radius 2 is 2.05 bits per heavy atom. The summed E-state index contributed by atoms with van der Waals surface area (Å²) < 4.78 is 17.7. The Balaban J connectivity index is 2.50. The van der Waals surface area contributed by atoms with Gasteiger partial charge in [-0.15, -0.1) is 6.58 Å². The first-order chi connectivity index (χ1) is 9.52. The van der Waals surface area contributed by atoms with Crippen molar-refractivity contribution < 1.29 is 23.8 Å². The number of carboxylic acid groups (broad SMARTS) is 1. The zero-order chi connectivity index (χ0) is 15.0. The van der Waals surface area contributed by atoms with Gasteiger partial charge < -0.3 is 15.2 Å². The minimum atomic E-state index is -1.18. The molecular weight excluding hydrogens is 265 g/mol. The molecule has 0 aliphatic carbocycles. The molecule has 0 aliphatic heterocycles. The average Bonchev–Trinajstić information content (AvgIpc) is 2.40. The van der Waals surface area contributed by atoms with E-state index in [0.29, 0.717) is 5.56 Å². The highest BCUT2D eigenvalue weighted by Crippen LogP contribution is 2.03. The van der Waals surface area contributed by atoms with E-state index >= 15 is 0 Å². The van der Waals surface area contributed by atoms with E-state index < -0.39 is 23.7 Å². The quantitative estimate of drug-likeness (QED) is 0.553. The topological polar surface area (TPSA) is 75.6 Å². The molecule has 0 aliphatic rings. The van der Waals surface area contributed by atoms with E-state index in [0.717, 1.165) is 0 Å². The highest BCUT2D eigenvalue weighted by atomic mass is 19.1. The van der Waals surface area contributed by atoms with Crippen LogP contribution < -0.4 is 5.32 Å². The van der Waals surface area contributed by atoms with Crippen molar-refractivity contribution in [2.24, 2.45) is 0 Å². The van der Waals surface area contributed by atoms with Gasteiger partial charge in [0.15, 0.2) is 6.04 Å². The van der Waals surface area contributed by atoms with Gasteiger partial charge in [-0.2, -0.15) is 0 Å². The van der Waals surface area contributed by atoms with Gasteiger partial charge in [-0.1, -0.05) is 18.2 Å². The molecule has 1 amide bonds. The van der Waals surface area contributed by atoms with Gasteiger partial charge in [0.25, 0.3) is 0 Å². The Morgan fingerprint density at radius 1 is 1.40 bits per heavy atom. The normalized spacial score (nSPS) is 11.7. The number of aliphatic carboxylic acids is 1. The SMILES string of the molecule is C=CCOCC(NC(=O)Cc1ccc(F)cc1)C(=O)O. The van der Waals surface area contributed by atoms with Crippen LogP contribution in [0, 0.1) is 5.82 Å². The fourth-order valence-electron chi connectivity index (χ4n) is 1.48. The molecule has 0 spiro atoms. The molecule has 0 bridgehead atoms. The van der Waals surface area contributed by atoms with Crippen LogP contribution in [0.4, 0.5) is 4.39 Å². The number of halogens is 1. The Kier molecular flexibility index (Phi) is 6.39. The number of amides is 1. The number of hydrogen-bond acceptors (Lipinski definition) is 3. The van der Waals surface area contributed by atoms with E-state index in [1.807, 2.05) is 0 Å². The van der Waals surface area contributed by atoms with E-state index in [9.17, 15) is 14.0 Å². The maximum Gasteiger partial charge on any atom is 0.328 e. The first kappa shape index (κ1) is 15.8. The smallest absolute Gasteiger partial charge is 0.328 e. The molecular formula is C14H16FNO4. The lowest BCUT2D eigenvalue weighted by Crippen LogP contribution is -2.44. The van der Waals surface area contributed by atoms with Crippen molar-refractivity contribution in [2.45, 2.75) is 12.5 Å². The predicted octanol–water partition coefficient (Wildman–Crippen LogP) is 1.14. The van der Waals surface area contributed by atoms with Gasteiger partial charge in [-0.3, -0.25) is 4.79 Å². The lowest BCUT2D eigenvalue weighted by Gasteiger charge is -2.14. The van der Waals surface area contributed by atoms with Gasteiger partial charge in [0.2, 0.25) is 5.91 Å². The molecule has 6 heteroatoms. The second kappa shape index (κ2) is 8.06. The molecule has 0 saturated carbocycles. The lowest BCUT2D eigenvalue weighted by molar-refractivity contribution is -0.143. The summed E-state index contributed by atoms with van der Waals surface area (Å²) in [6.07, 6.45) is 1.46. The largest absolute Gasteiger partial charge is 0.480 e. The zero-order valence-electron chi connectivity index (χ0n) is 10.8. The van der Waals surface area contributed by atoms with E-state index in [2.05, 4.69) is 11.9 Å². The van der Waals surface area contributed by atoms with Crippen LogP contribution in [-0.4, -0.2) is 36.2 Å². The zero-order valence-corrected chi connectivity index (χ0v) is 10.8. The second-order valence-electron chi connectivity index (χ2n) is 4.09. The summed E-state index contributed by atoms with van der Waals surface area (Å²) in [5.41, 5.74) is 0.597. The van der Waals surface area contributed by atoms with Crippen LogP contribution in [0.25, 0.3) is 0 Å². The third-order valence-electron chi connectivity index (χ3n) is 2.43. The standard InChI is InChI=1S/C14H16FNO4/c1-2-7-20-9-12(14(18)19)16-13(17)8-10-3-5-11(15)6-4-10/h2-6,12H,1,7-9H2,(H,16,17)(H,18,19). The molecule has 0 fully saturated rings. The first-order valence-corrected chi connectivity index (χ1v) is 5.98. The van der Waals surface area contributed by atoms with Gasteiger partial charge in [0.05, 0.1) is 19.6 Å². The molecule has 2 N–H and O–H groups in total. The summed E-state index contributed by atoms with van der Waals surface area (Å²) in [5, 5.41) is 11.3. The van der Waals surface area contributed by atoms with Crippen molar-refractivity contribution in [1.82, 2.24) is 5.32 Å². The van der Waals surface area contributed by atoms with Crippen molar-refractivity contribution in [1.29, 1.82) is 0 Å². The van der Waals surface area contributed by atoms with Crippen molar-refractivity contribution in [3.8, 4) is 0 Å². The monoisotopic (exact) mass is 281 g/mol. The summed E-state index contributed by atoms with van der Waals surface area (Å²) >= 11 is 0. The Hall–Kier alpha value is -2.21. The molecule has 108 valence electrons. The van der Waals surface area contributed by atoms with Crippen LogP contribution >= 0.6 is 0 Å². The number of carbonyl (C=O) groups is 2. The number of carboxylic acids is 1. The molecule has 0 radical (unpaired) electrons. The summed E-state index contributed by atoms with van der Waals surface area (Å²) in [6, 6.07) is 4.30. The van der Waals surface area contributed by atoms with Gasteiger partial charge in [-0.05, 0) is 17.7 Å². The summed E-state index contributed by atoms with van der Waals surface area (Å²) in [6.45, 7) is 3.50. The molecule has 1 unspecified atom stereocenters. The summed E-state index contributed by atoms with van der Waals surface area (Å²) in [5.74, 6) is -2.04. The predicted molar refractivity (Wildman–Crippen MR) is 70.7 cm³/mol. The van der Waals surface area contributed by atoms with E-state index in [-0.39, 0.29) is 19.6 Å². The Morgan fingerprint density at radius 3 is 2.60 bits per heavy atom. The number of benzene rings is 1. The van der Waals surface area contributed by atoms with E-state index in [1.54, 1.807) is 0 Å². The van der Waals surface area contributed by atoms with Crippen molar-refractivity contribution in [2.75, 3.05) is 13.2 Å². The number of rotatable bonds is 8. The molecule has 20 heavy (non-hydrogen) atoms. The molecule has 1 atom stereocenters. The van der Waals surface area contributed by atoms with E-state index in [1.165, 1.54) is 30.3 Å². The van der Waals surface area contributed by atoms with Crippen molar-refractivity contribution in [3.05, 3.63) is 48.3 Å². The van der Waals surface area contributed by atoms with Crippen molar-refractivity contribution in [3.63, 3.8) is 0 Å². The van der Waals surface area contributed by atoms with Crippen molar-refractivity contribution >= 4 is 11.9 Å². The van der Waals surface area contributed by atoms with Crippen LogP contribution in [0.15, 0.2) is 36.9 Å².